The minimum atomic E-state index is -0.635. The van der Waals surface area contributed by atoms with Crippen LogP contribution in [-0.4, -0.2) is 23.7 Å². The molecule has 0 atom stereocenters. The highest BCUT2D eigenvalue weighted by Gasteiger charge is 2.31. The fourth-order valence-electron chi connectivity index (χ4n) is 2.09. The van der Waals surface area contributed by atoms with E-state index in [1.165, 1.54) is 18.1 Å². The average Bonchev–Trinajstić information content (AvgIpc) is 2.69. The first-order valence-corrected chi connectivity index (χ1v) is 6.48. The quantitative estimate of drug-likeness (QED) is 0.851. The van der Waals surface area contributed by atoms with Gasteiger partial charge in [-0.3, -0.25) is 4.90 Å². The number of aromatic amines is 1. The van der Waals surface area contributed by atoms with Gasteiger partial charge in [-0.15, -0.1) is 0 Å². The third-order valence-corrected chi connectivity index (χ3v) is 3.28. The molecule has 0 aliphatic rings. The Morgan fingerprint density at radius 3 is 2.60 bits per heavy atom. The Morgan fingerprint density at radius 2 is 2.05 bits per heavy atom. The van der Waals surface area contributed by atoms with Crippen LogP contribution < -0.4 is 4.90 Å². The Labute approximate surface area is 121 Å². The van der Waals surface area contributed by atoms with Gasteiger partial charge in [0.2, 0.25) is 0 Å². The van der Waals surface area contributed by atoms with Gasteiger partial charge in [0, 0.05) is 28.7 Å². The molecule has 20 heavy (non-hydrogen) atoms. The van der Waals surface area contributed by atoms with Crippen LogP contribution in [0.3, 0.4) is 0 Å². The summed E-state index contributed by atoms with van der Waals surface area (Å²) < 4.78 is 19.0. The summed E-state index contributed by atoms with van der Waals surface area (Å²) in [5.74, 6) is -0.517. The molecule has 1 aromatic heterocycles. The van der Waals surface area contributed by atoms with E-state index in [0.29, 0.717) is 15.9 Å². The maximum atomic E-state index is 14.3. The van der Waals surface area contributed by atoms with Crippen LogP contribution in [0.1, 0.15) is 20.8 Å². The van der Waals surface area contributed by atoms with Crippen LogP contribution in [0.25, 0.3) is 10.9 Å². The number of nitrogens with one attached hydrogen (secondary N) is 1. The van der Waals surface area contributed by atoms with E-state index in [9.17, 15) is 9.18 Å². The van der Waals surface area contributed by atoms with Crippen LogP contribution in [0.15, 0.2) is 18.3 Å². The van der Waals surface area contributed by atoms with E-state index in [4.69, 9.17) is 16.3 Å². The summed E-state index contributed by atoms with van der Waals surface area (Å²) in [6.45, 7) is 5.39. The average molecular weight is 299 g/mol. The van der Waals surface area contributed by atoms with Gasteiger partial charge in [-0.2, -0.15) is 0 Å². The molecule has 0 spiro atoms. The minimum Gasteiger partial charge on any atom is -0.452 e. The summed E-state index contributed by atoms with van der Waals surface area (Å²) in [6.07, 6.45) is 0.956. The molecule has 1 N–H and O–H groups in total. The SMILES string of the molecule is COC(=O)N(c1cc2c(Cl)c[nH]c2cc1F)C(C)(C)C. The lowest BCUT2D eigenvalue weighted by Gasteiger charge is -2.34. The summed E-state index contributed by atoms with van der Waals surface area (Å²) in [7, 11) is 1.26. The summed E-state index contributed by atoms with van der Waals surface area (Å²) in [5, 5.41) is 1.13. The van der Waals surface area contributed by atoms with E-state index in [0.717, 1.165) is 0 Å². The van der Waals surface area contributed by atoms with E-state index in [-0.39, 0.29) is 5.69 Å². The predicted octanol–water partition coefficient (Wildman–Crippen LogP) is 4.33. The van der Waals surface area contributed by atoms with Crippen molar-refractivity contribution < 1.29 is 13.9 Å². The number of amides is 1. The molecular formula is C14H16ClFN2O2. The number of fused-ring (bicyclic) bond motifs is 1. The van der Waals surface area contributed by atoms with Crippen molar-refractivity contribution in [2.45, 2.75) is 26.3 Å². The van der Waals surface area contributed by atoms with E-state index >= 15 is 0 Å². The zero-order valence-electron chi connectivity index (χ0n) is 11.8. The number of benzene rings is 1. The van der Waals surface area contributed by atoms with Gasteiger partial charge in [-0.25, -0.2) is 9.18 Å². The molecule has 108 valence electrons. The van der Waals surface area contributed by atoms with Gasteiger partial charge in [0.1, 0.15) is 5.82 Å². The Kier molecular flexibility index (Phi) is 3.65. The van der Waals surface area contributed by atoms with Crippen molar-refractivity contribution in [3.05, 3.63) is 29.2 Å². The zero-order valence-corrected chi connectivity index (χ0v) is 12.5. The van der Waals surface area contributed by atoms with Gasteiger partial charge >= 0.3 is 6.09 Å². The molecule has 1 aromatic carbocycles. The smallest absolute Gasteiger partial charge is 0.414 e. The van der Waals surface area contributed by atoms with Gasteiger partial charge in [0.15, 0.2) is 0 Å². The van der Waals surface area contributed by atoms with Gasteiger partial charge < -0.3 is 9.72 Å². The van der Waals surface area contributed by atoms with E-state index in [1.54, 1.807) is 33.0 Å². The van der Waals surface area contributed by atoms with E-state index < -0.39 is 17.4 Å². The minimum absolute atomic E-state index is 0.137. The van der Waals surface area contributed by atoms with E-state index in [1.807, 2.05) is 0 Å². The molecule has 1 amide bonds. The molecule has 6 heteroatoms. The number of hydrogen-bond donors (Lipinski definition) is 1. The molecule has 0 aliphatic carbocycles. The largest absolute Gasteiger partial charge is 0.452 e. The zero-order chi connectivity index (χ0) is 15.1. The number of nitrogens with zero attached hydrogens (tertiary/aromatic N) is 1. The van der Waals surface area contributed by atoms with Gasteiger partial charge in [-0.05, 0) is 26.8 Å². The van der Waals surface area contributed by atoms with Crippen LogP contribution in [0, 0.1) is 5.82 Å². The monoisotopic (exact) mass is 298 g/mol. The lowest BCUT2D eigenvalue weighted by molar-refractivity contribution is 0.172. The summed E-state index contributed by atoms with van der Waals surface area (Å²) in [4.78, 5) is 16.1. The topological polar surface area (TPSA) is 45.3 Å². The van der Waals surface area contributed by atoms with Crippen molar-refractivity contribution in [1.82, 2.24) is 4.98 Å². The van der Waals surface area contributed by atoms with Crippen molar-refractivity contribution in [3.63, 3.8) is 0 Å². The Balaban J connectivity index is 2.66. The fourth-order valence-corrected chi connectivity index (χ4v) is 2.30. The molecule has 0 saturated heterocycles. The number of methoxy groups -OCH3 is 1. The van der Waals surface area contributed by atoms with Gasteiger partial charge in [0.25, 0.3) is 0 Å². The summed E-state index contributed by atoms with van der Waals surface area (Å²) >= 11 is 6.04. The second kappa shape index (κ2) is 4.98. The maximum Gasteiger partial charge on any atom is 0.414 e. The highest BCUT2D eigenvalue weighted by molar-refractivity contribution is 6.35. The third-order valence-electron chi connectivity index (χ3n) is 2.97. The molecular weight excluding hydrogens is 283 g/mol. The van der Waals surface area contributed by atoms with Crippen LogP contribution in [-0.2, 0) is 4.74 Å². The Hall–Kier alpha value is -1.75. The molecule has 0 radical (unpaired) electrons. The van der Waals surface area contributed by atoms with Crippen molar-refractivity contribution in [2.75, 3.05) is 12.0 Å². The number of rotatable bonds is 1. The van der Waals surface area contributed by atoms with Crippen molar-refractivity contribution >= 4 is 34.3 Å². The highest BCUT2D eigenvalue weighted by Crippen LogP contribution is 2.33. The number of hydrogen-bond acceptors (Lipinski definition) is 2. The molecule has 2 aromatic rings. The molecule has 4 nitrogen and oxygen atoms in total. The Morgan fingerprint density at radius 1 is 1.40 bits per heavy atom. The highest BCUT2D eigenvalue weighted by atomic mass is 35.5. The Bertz CT molecular complexity index is 661. The first-order chi connectivity index (χ1) is 9.25. The predicted molar refractivity (Wildman–Crippen MR) is 77.9 cm³/mol. The second-order valence-electron chi connectivity index (χ2n) is 5.46. The summed E-state index contributed by atoms with van der Waals surface area (Å²) in [6, 6.07) is 2.86. The number of carbonyl (C=O) groups is 1. The van der Waals surface area contributed by atoms with Crippen molar-refractivity contribution in [3.8, 4) is 0 Å². The van der Waals surface area contributed by atoms with Crippen LogP contribution >= 0.6 is 11.6 Å². The standard InChI is InChI=1S/C14H16ClFN2O2/c1-14(2,3)18(13(19)20-4)12-5-8-9(15)7-17-11(8)6-10(12)16/h5-7,17H,1-4H3. The van der Waals surface area contributed by atoms with Gasteiger partial charge in [-0.1, -0.05) is 11.6 Å². The second-order valence-corrected chi connectivity index (χ2v) is 5.87. The number of anilines is 1. The number of H-pyrrole nitrogens is 1. The molecule has 0 fully saturated rings. The third kappa shape index (κ3) is 2.45. The van der Waals surface area contributed by atoms with E-state index in [2.05, 4.69) is 4.98 Å². The number of carbonyl (C=O) groups excluding carboxylic acids is 1. The van der Waals surface area contributed by atoms with Crippen molar-refractivity contribution in [2.24, 2.45) is 0 Å². The molecule has 0 saturated carbocycles. The lowest BCUT2D eigenvalue weighted by atomic mass is 10.0. The van der Waals surface area contributed by atoms with Crippen molar-refractivity contribution in [1.29, 1.82) is 0 Å². The molecule has 2 rings (SSSR count). The first kappa shape index (κ1) is 14.7. The number of ether oxygens (including phenoxy) is 1. The number of halogens is 2. The molecule has 0 bridgehead atoms. The molecule has 0 unspecified atom stereocenters. The molecule has 1 heterocycles. The van der Waals surface area contributed by atoms with Crippen LogP contribution in [0.5, 0.6) is 0 Å². The normalized spacial score (nSPS) is 11.7. The molecule has 0 aliphatic heterocycles. The maximum absolute atomic E-state index is 14.3. The van der Waals surface area contributed by atoms with Crippen LogP contribution in [0.4, 0.5) is 14.9 Å². The lowest BCUT2D eigenvalue weighted by Crippen LogP contribution is -2.46. The van der Waals surface area contributed by atoms with Crippen LogP contribution in [0.2, 0.25) is 5.02 Å². The first-order valence-electron chi connectivity index (χ1n) is 6.10. The summed E-state index contributed by atoms with van der Waals surface area (Å²) in [5.41, 5.74) is 0.0815. The number of aromatic nitrogens is 1. The fraction of sp³-hybridized carbons (Fsp3) is 0.357. The van der Waals surface area contributed by atoms with Gasteiger partial charge in [0.05, 0.1) is 17.8 Å².